The van der Waals surface area contributed by atoms with E-state index < -0.39 is 35.2 Å². The lowest BCUT2D eigenvalue weighted by Crippen LogP contribution is -2.35. The normalized spacial score (nSPS) is 11.9. The summed E-state index contributed by atoms with van der Waals surface area (Å²) >= 11 is 0. The zero-order valence-corrected chi connectivity index (χ0v) is 18.7. The maximum atomic E-state index is 13.2. The Hall–Kier alpha value is -3.69. The van der Waals surface area contributed by atoms with Crippen LogP contribution in [0.3, 0.4) is 0 Å². The maximum Gasteiger partial charge on any atom is 0.416 e. The molecule has 1 aromatic heterocycles. The first-order valence-corrected chi connectivity index (χ1v) is 10.5. The molecule has 0 aliphatic carbocycles. The van der Waals surface area contributed by atoms with Gasteiger partial charge in [0.1, 0.15) is 0 Å². The van der Waals surface area contributed by atoms with Gasteiger partial charge in [-0.15, -0.1) is 6.58 Å². The van der Waals surface area contributed by atoms with Gasteiger partial charge in [0, 0.05) is 30.7 Å². The van der Waals surface area contributed by atoms with E-state index in [0.29, 0.717) is 18.7 Å². The number of carbonyl (C=O) groups excluding carboxylic acids is 1. The Morgan fingerprint density at radius 1 is 1.00 bits per heavy atom. The van der Waals surface area contributed by atoms with Crippen molar-refractivity contribution in [2.24, 2.45) is 0 Å². The fourth-order valence-corrected chi connectivity index (χ4v) is 3.52. The van der Waals surface area contributed by atoms with Crippen LogP contribution in [0.4, 0.5) is 36.8 Å². The Morgan fingerprint density at radius 3 is 2.20 bits per heavy atom. The SMILES string of the molecule is C=CCN(Cc1cccn1Cc1ccccc1C)C(=O)Nc1cc(C(F)(F)F)cc(C(F)(F)F)c1. The lowest BCUT2D eigenvalue weighted by Gasteiger charge is -2.23. The van der Waals surface area contributed by atoms with Gasteiger partial charge in [0.15, 0.2) is 0 Å². The highest BCUT2D eigenvalue weighted by Crippen LogP contribution is 2.37. The summed E-state index contributed by atoms with van der Waals surface area (Å²) in [7, 11) is 0. The van der Waals surface area contributed by atoms with E-state index in [2.05, 4.69) is 11.9 Å². The highest BCUT2D eigenvalue weighted by atomic mass is 19.4. The van der Waals surface area contributed by atoms with E-state index in [0.717, 1.165) is 16.8 Å². The highest BCUT2D eigenvalue weighted by molar-refractivity contribution is 5.89. The van der Waals surface area contributed by atoms with Crippen LogP contribution in [0.5, 0.6) is 0 Å². The van der Waals surface area contributed by atoms with Gasteiger partial charge in [-0.05, 0) is 48.4 Å². The van der Waals surface area contributed by atoms with Crippen LogP contribution >= 0.6 is 0 Å². The predicted octanol–water partition coefficient (Wildman–Crippen LogP) is 7.10. The average Bonchev–Trinajstić information content (AvgIpc) is 3.20. The molecular weight excluding hydrogens is 472 g/mol. The molecule has 0 aliphatic rings. The molecule has 35 heavy (non-hydrogen) atoms. The van der Waals surface area contributed by atoms with Gasteiger partial charge in [0.2, 0.25) is 0 Å². The van der Waals surface area contributed by atoms with Crippen molar-refractivity contribution in [2.45, 2.75) is 32.4 Å². The molecule has 2 amide bonds. The van der Waals surface area contributed by atoms with Gasteiger partial charge in [-0.3, -0.25) is 0 Å². The molecule has 10 heteroatoms. The number of nitrogens with one attached hydrogen (secondary N) is 1. The second-order valence-electron chi connectivity index (χ2n) is 7.95. The fraction of sp³-hybridized carbons (Fsp3) is 0.240. The van der Waals surface area contributed by atoms with Gasteiger partial charge in [0.25, 0.3) is 0 Å². The van der Waals surface area contributed by atoms with Crippen LogP contribution in [0.15, 0.2) is 73.4 Å². The van der Waals surface area contributed by atoms with E-state index in [1.165, 1.54) is 11.0 Å². The summed E-state index contributed by atoms with van der Waals surface area (Å²) in [5.41, 5.74) is -0.757. The molecule has 0 radical (unpaired) electrons. The second kappa shape index (κ2) is 10.3. The molecule has 0 atom stereocenters. The van der Waals surface area contributed by atoms with Crippen molar-refractivity contribution in [3.05, 3.63) is 101 Å². The molecule has 1 N–H and O–H groups in total. The predicted molar refractivity (Wildman–Crippen MR) is 121 cm³/mol. The molecule has 0 saturated carbocycles. The largest absolute Gasteiger partial charge is 0.416 e. The Morgan fingerprint density at radius 2 is 1.63 bits per heavy atom. The Labute approximate surface area is 198 Å². The summed E-state index contributed by atoms with van der Waals surface area (Å²) in [5, 5.41) is 2.17. The molecule has 0 saturated heterocycles. The molecule has 0 fully saturated rings. The zero-order valence-electron chi connectivity index (χ0n) is 18.7. The van der Waals surface area contributed by atoms with E-state index in [1.54, 1.807) is 12.1 Å². The third-order valence-electron chi connectivity index (χ3n) is 5.35. The molecule has 0 aliphatic heterocycles. The first kappa shape index (κ1) is 25.9. The van der Waals surface area contributed by atoms with Gasteiger partial charge in [-0.1, -0.05) is 30.3 Å². The summed E-state index contributed by atoms with van der Waals surface area (Å²) in [4.78, 5) is 14.1. The number of rotatable bonds is 7. The van der Waals surface area contributed by atoms with Crippen LogP contribution in [0.25, 0.3) is 0 Å². The van der Waals surface area contributed by atoms with Crippen molar-refractivity contribution in [1.82, 2.24) is 9.47 Å². The van der Waals surface area contributed by atoms with Gasteiger partial charge >= 0.3 is 18.4 Å². The van der Waals surface area contributed by atoms with E-state index in [1.807, 2.05) is 42.0 Å². The third kappa shape index (κ3) is 6.68. The zero-order chi connectivity index (χ0) is 25.8. The number of halogens is 6. The summed E-state index contributed by atoms with van der Waals surface area (Å²) < 4.78 is 80.8. The number of amides is 2. The summed E-state index contributed by atoms with van der Waals surface area (Å²) in [6.45, 7) is 6.17. The van der Waals surface area contributed by atoms with Crippen LogP contribution < -0.4 is 5.32 Å². The van der Waals surface area contributed by atoms with Crippen molar-refractivity contribution < 1.29 is 31.1 Å². The monoisotopic (exact) mass is 495 g/mol. The lowest BCUT2D eigenvalue weighted by molar-refractivity contribution is -0.143. The number of nitrogens with zero attached hydrogens (tertiary/aromatic N) is 2. The number of urea groups is 1. The summed E-state index contributed by atoms with van der Waals surface area (Å²) in [5.74, 6) is 0. The second-order valence-corrected chi connectivity index (χ2v) is 7.95. The molecule has 2 aromatic carbocycles. The number of alkyl halides is 6. The van der Waals surface area contributed by atoms with Gasteiger partial charge in [-0.2, -0.15) is 26.3 Å². The molecular formula is C25H23F6N3O. The van der Waals surface area contributed by atoms with Crippen LogP contribution in [0.2, 0.25) is 0 Å². The molecule has 3 aromatic rings. The molecule has 3 rings (SSSR count). The minimum absolute atomic E-state index is 0.00954. The van der Waals surface area contributed by atoms with Crippen molar-refractivity contribution in [3.8, 4) is 0 Å². The van der Waals surface area contributed by atoms with Crippen LogP contribution in [0, 0.1) is 6.92 Å². The molecule has 0 unspecified atom stereocenters. The number of hydrogen-bond acceptors (Lipinski definition) is 1. The topological polar surface area (TPSA) is 37.3 Å². The van der Waals surface area contributed by atoms with Crippen LogP contribution in [-0.4, -0.2) is 22.0 Å². The molecule has 0 spiro atoms. The number of carbonyl (C=O) groups is 1. The third-order valence-corrected chi connectivity index (χ3v) is 5.35. The van der Waals surface area contributed by atoms with Crippen molar-refractivity contribution in [2.75, 3.05) is 11.9 Å². The van der Waals surface area contributed by atoms with Crippen molar-refractivity contribution in [3.63, 3.8) is 0 Å². The van der Waals surface area contributed by atoms with Gasteiger partial charge < -0.3 is 14.8 Å². The highest BCUT2D eigenvalue weighted by Gasteiger charge is 2.37. The standard InChI is InChI=1S/C25H23F6N3O/c1-3-10-34(16-22-9-6-11-33(22)15-18-8-5-4-7-17(18)2)23(35)32-21-13-19(24(26,27)28)12-20(14-21)25(29,30)31/h3-9,11-14H,1,10,15-16H2,2H3,(H,32,35). The van der Waals surface area contributed by atoms with E-state index in [9.17, 15) is 31.1 Å². The number of aryl methyl sites for hydroxylation is 1. The van der Waals surface area contributed by atoms with Gasteiger partial charge in [0.05, 0.1) is 17.7 Å². The Kier molecular flexibility index (Phi) is 7.62. The molecule has 186 valence electrons. The number of benzene rings is 2. The fourth-order valence-electron chi connectivity index (χ4n) is 3.52. The lowest BCUT2D eigenvalue weighted by atomic mass is 10.1. The van der Waals surface area contributed by atoms with Crippen LogP contribution in [-0.2, 0) is 25.4 Å². The summed E-state index contributed by atoms with van der Waals surface area (Å²) in [6, 6.07) is 11.4. The van der Waals surface area contributed by atoms with E-state index >= 15 is 0 Å². The first-order valence-electron chi connectivity index (χ1n) is 10.5. The number of anilines is 1. The smallest absolute Gasteiger partial charge is 0.345 e. The minimum atomic E-state index is -5.02. The van der Waals surface area contributed by atoms with Crippen LogP contribution in [0.1, 0.15) is 27.9 Å². The Balaban J connectivity index is 1.84. The molecule has 4 nitrogen and oxygen atoms in total. The molecule has 0 bridgehead atoms. The van der Waals surface area contributed by atoms with Gasteiger partial charge in [-0.25, -0.2) is 4.79 Å². The van der Waals surface area contributed by atoms with Crippen molar-refractivity contribution in [1.29, 1.82) is 0 Å². The molecule has 1 heterocycles. The van der Waals surface area contributed by atoms with E-state index in [-0.39, 0.29) is 19.2 Å². The summed E-state index contributed by atoms with van der Waals surface area (Å²) in [6.07, 6.45) is -6.79. The number of hydrogen-bond donors (Lipinski definition) is 1. The quantitative estimate of drug-likeness (QED) is 0.276. The van der Waals surface area contributed by atoms with Crippen molar-refractivity contribution >= 4 is 11.7 Å². The Bertz CT molecular complexity index is 1160. The van der Waals surface area contributed by atoms with E-state index in [4.69, 9.17) is 0 Å². The maximum absolute atomic E-state index is 13.2. The minimum Gasteiger partial charge on any atom is -0.345 e. The number of aromatic nitrogens is 1. The average molecular weight is 495 g/mol. The first-order chi connectivity index (χ1) is 16.4.